The summed E-state index contributed by atoms with van der Waals surface area (Å²) in [6, 6.07) is 17.4. The largest absolute Gasteiger partial charge is 0.425 e. The number of hydrogen-bond acceptors (Lipinski definition) is 4. The van der Waals surface area contributed by atoms with Gasteiger partial charge in [0.2, 0.25) is 17.7 Å². The van der Waals surface area contributed by atoms with E-state index in [0.29, 0.717) is 11.8 Å². The number of aromatic nitrogens is 2. The van der Waals surface area contributed by atoms with Crippen LogP contribution in [-0.2, 0) is 4.79 Å². The average Bonchev–Trinajstić information content (AvgIpc) is 3.02. The molecule has 3 aromatic rings. The number of amides is 1. The third-order valence-electron chi connectivity index (χ3n) is 3.77. The maximum atomic E-state index is 12.5. The molecule has 5 nitrogen and oxygen atoms in total. The number of nitrogens with zero attached hydrogens (tertiary/aromatic N) is 2. The SMILES string of the molecule is Cc1ccc(NC(=O)CC(c2ccccc2)c2nnc(C)o2)cc1. The van der Waals surface area contributed by atoms with Crippen molar-refractivity contribution in [2.75, 3.05) is 5.32 Å². The van der Waals surface area contributed by atoms with E-state index in [0.717, 1.165) is 16.8 Å². The van der Waals surface area contributed by atoms with E-state index in [9.17, 15) is 4.79 Å². The highest BCUT2D eigenvalue weighted by molar-refractivity contribution is 5.91. The lowest BCUT2D eigenvalue weighted by Gasteiger charge is -2.13. The van der Waals surface area contributed by atoms with Crippen molar-refractivity contribution in [3.8, 4) is 0 Å². The maximum Gasteiger partial charge on any atom is 0.225 e. The molecule has 0 aliphatic carbocycles. The predicted molar refractivity (Wildman–Crippen MR) is 91.7 cm³/mol. The van der Waals surface area contributed by atoms with Crippen LogP contribution in [0.4, 0.5) is 5.69 Å². The predicted octanol–water partition coefficient (Wildman–Crippen LogP) is 3.85. The molecule has 122 valence electrons. The Hall–Kier alpha value is -2.95. The van der Waals surface area contributed by atoms with Gasteiger partial charge in [-0.3, -0.25) is 4.79 Å². The molecule has 3 rings (SSSR count). The number of carbonyl (C=O) groups excluding carboxylic acids is 1. The van der Waals surface area contributed by atoms with E-state index in [1.807, 2.05) is 61.5 Å². The van der Waals surface area contributed by atoms with Gasteiger partial charge in [0.15, 0.2) is 0 Å². The van der Waals surface area contributed by atoms with Crippen molar-refractivity contribution in [1.82, 2.24) is 10.2 Å². The zero-order valence-electron chi connectivity index (χ0n) is 13.7. The first-order chi connectivity index (χ1) is 11.6. The molecule has 1 heterocycles. The van der Waals surface area contributed by atoms with Gasteiger partial charge in [-0.25, -0.2) is 0 Å². The molecule has 0 spiro atoms. The normalized spacial score (nSPS) is 11.9. The van der Waals surface area contributed by atoms with Gasteiger partial charge in [0.25, 0.3) is 0 Å². The van der Waals surface area contributed by atoms with Crippen LogP contribution in [0.2, 0.25) is 0 Å². The Balaban J connectivity index is 1.79. The van der Waals surface area contributed by atoms with E-state index in [1.54, 1.807) is 6.92 Å². The average molecular weight is 321 g/mol. The van der Waals surface area contributed by atoms with E-state index in [2.05, 4.69) is 15.5 Å². The van der Waals surface area contributed by atoms with Crippen LogP contribution in [0.1, 0.15) is 35.2 Å². The Labute approximate surface area is 140 Å². The fourth-order valence-corrected chi connectivity index (χ4v) is 2.52. The second-order valence-corrected chi connectivity index (χ2v) is 5.74. The number of carbonyl (C=O) groups is 1. The Kier molecular flexibility index (Phi) is 4.70. The number of hydrogen-bond donors (Lipinski definition) is 1. The molecular formula is C19H19N3O2. The van der Waals surface area contributed by atoms with Crippen LogP contribution in [0.5, 0.6) is 0 Å². The summed E-state index contributed by atoms with van der Waals surface area (Å²) in [6.45, 7) is 3.75. The van der Waals surface area contributed by atoms with Crippen LogP contribution in [0, 0.1) is 13.8 Å². The van der Waals surface area contributed by atoms with E-state index >= 15 is 0 Å². The van der Waals surface area contributed by atoms with E-state index < -0.39 is 0 Å². The maximum absolute atomic E-state index is 12.5. The highest BCUT2D eigenvalue weighted by Crippen LogP contribution is 2.27. The van der Waals surface area contributed by atoms with Crippen molar-refractivity contribution < 1.29 is 9.21 Å². The van der Waals surface area contributed by atoms with Crippen molar-refractivity contribution in [3.05, 3.63) is 77.5 Å². The molecule has 0 aliphatic rings. The Morgan fingerprint density at radius 3 is 2.38 bits per heavy atom. The van der Waals surface area contributed by atoms with E-state index in [-0.39, 0.29) is 18.2 Å². The van der Waals surface area contributed by atoms with Crippen LogP contribution in [0.25, 0.3) is 0 Å². The molecule has 24 heavy (non-hydrogen) atoms. The van der Waals surface area contributed by atoms with Crippen molar-refractivity contribution in [3.63, 3.8) is 0 Å². The zero-order valence-corrected chi connectivity index (χ0v) is 13.7. The van der Waals surface area contributed by atoms with Crippen LogP contribution in [-0.4, -0.2) is 16.1 Å². The molecule has 0 bridgehead atoms. The van der Waals surface area contributed by atoms with Gasteiger partial charge in [-0.05, 0) is 24.6 Å². The second-order valence-electron chi connectivity index (χ2n) is 5.74. The van der Waals surface area contributed by atoms with Gasteiger partial charge in [0.05, 0.1) is 5.92 Å². The van der Waals surface area contributed by atoms with Gasteiger partial charge in [-0.1, -0.05) is 48.0 Å². The molecule has 1 unspecified atom stereocenters. The van der Waals surface area contributed by atoms with Gasteiger partial charge < -0.3 is 9.73 Å². The fourth-order valence-electron chi connectivity index (χ4n) is 2.52. The van der Waals surface area contributed by atoms with Gasteiger partial charge in [0, 0.05) is 19.0 Å². The monoisotopic (exact) mass is 321 g/mol. The lowest BCUT2D eigenvalue weighted by molar-refractivity contribution is -0.116. The number of benzene rings is 2. The first-order valence-electron chi connectivity index (χ1n) is 7.83. The summed E-state index contributed by atoms with van der Waals surface area (Å²) in [5.74, 6) is 0.587. The van der Waals surface area contributed by atoms with Crippen molar-refractivity contribution in [1.29, 1.82) is 0 Å². The third kappa shape index (κ3) is 3.87. The highest BCUT2D eigenvalue weighted by Gasteiger charge is 2.23. The molecule has 0 saturated carbocycles. The molecule has 1 atom stereocenters. The smallest absolute Gasteiger partial charge is 0.225 e. The van der Waals surface area contributed by atoms with Crippen LogP contribution < -0.4 is 5.32 Å². The molecule has 1 N–H and O–H groups in total. The Morgan fingerprint density at radius 1 is 1.04 bits per heavy atom. The first-order valence-corrected chi connectivity index (χ1v) is 7.83. The second kappa shape index (κ2) is 7.08. The summed E-state index contributed by atoms with van der Waals surface area (Å²) in [6.07, 6.45) is 0.236. The van der Waals surface area contributed by atoms with Crippen LogP contribution in [0.3, 0.4) is 0 Å². The summed E-state index contributed by atoms with van der Waals surface area (Å²) >= 11 is 0. The van der Waals surface area contributed by atoms with Gasteiger partial charge in [0.1, 0.15) is 0 Å². The van der Waals surface area contributed by atoms with E-state index in [1.165, 1.54) is 0 Å². The third-order valence-corrected chi connectivity index (χ3v) is 3.77. The first kappa shape index (κ1) is 15.9. The molecule has 2 aromatic carbocycles. The summed E-state index contributed by atoms with van der Waals surface area (Å²) in [4.78, 5) is 12.5. The topological polar surface area (TPSA) is 68.0 Å². The fraction of sp³-hybridized carbons (Fsp3) is 0.211. The van der Waals surface area contributed by atoms with Gasteiger partial charge >= 0.3 is 0 Å². The molecule has 1 amide bonds. The Bertz CT molecular complexity index is 810. The highest BCUT2D eigenvalue weighted by atomic mass is 16.4. The standard InChI is InChI=1S/C19H19N3O2/c1-13-8-10-16(11-9-13)20-18(23)12-17(15-6-4-3-5-7-15)19-22-21-14(2)24-19/h3-11,17H,12H2,1-2H3,(H,20,23). The van der Waals surface area contributed by atoms with Crippen LogP contribution >= 0.6 is 0 Å². The molecular weight excluding hydrogens is 302 g/mol. The molecule has 1 aromatic heterocycles. The molecule has 0 aliphatic heterocycles. The number of rotatable bonds is 5. The zero-order chi connectivity index (χ0) is 16.9. The van der Waals surface area contributed by atoms with Crippen molar-refractivity contribution in [2.24, 2.45) is 0 Å². The minimum Gasteiger partial charge on any atom is -0.425 e. The summed E-state index contributed by atoms with van der Waals surface area (Å²) in [7, 11) is 0. The quantitative estimate of drug-likeness (QED) is 0.775. The number of anilines is 1. The number of aryl methyl sites for hydroxylation is 2. The van der Waals surface area contributed by atoms with Gasteiger partial charge in [-0.2, -0.15) is 0 Å². The molecule has 5 heteroatoms. The summed E-state index contributed by atoms with van der Waals surface area (Å²) in [5.41, 5.74) is 2.90. The number of nitrogens with one attached hydrogen (secondary N) is 1. The minimum absolute atomic E-state index is 0.0939. The molecule has 0 radical (unpaired) electrons. The van der Waals surface area contributed by atoms with E-state index in [4.69, 9.17) is 4.42 Å². The van der Waals surface area contributed by atoms with Gasteiger partial charge in [-0.15, -0.1) is 10.2 Å². The minimum atomic E-state index is -0.266. The Morgan fingerprint density at radius 2 is 1.75 bits per heavy atom. The summed E-state index contributed by atoms with van der Waals surface area (Å²) < 4.78 is 5.56. The van der Waals surface area contributed by atoms with Crippen LogP contribution in [0.15, 0.2) is 59.0 Å². The van der Waals surface area contributed by atoms with Crippen molar-refractivity contribution in [2.45, 2.75) is 26.2 Å². The lowest BCUT2D eigenvalue weighted by atomic mass is 9.95. The summed E-state index contributed by atoms with van der Waals surface area (Å²) in [5, 5.41) is 10.9. The van der Waals surface area contributed by atoms with Crippen molar-refractivity contribution >= 4 is 11.6 Å². The lowest BCUT2D eigenvalue weighted by Crippen LogP contribution is -2.16. The molecule has 0 saturated heterocycles. The molecule has 0 fully saturated rings.